The number of alkyl carbamates (subject to hydrolysis) is 1. The van der Waals surface area contributed by atoms with E-state index in [1.54, 1.807) is 20.8 Å². The molecule has 0 bridgehead atoms. The number of benzene rings is 2. The average molecular weight is 467 g/mol. The fraction of sp³-hybridized carbons (Fsp3) is 0.444. The predicted octanol–water partition coefficient (Wildman–Crippen LogP) is 4.70. The highest BCUT2D eigenvalue weighted by molar-refractivity contribution is 5.89. The molecule has 2 unspecified atom stereocenters. The second-order valence-electron chi connectivity index (χ2n) is 9.62. The Hall–Kier alpha value is -3.35. The van der Waals surface area contributed by atoms with E-state index in [0.717, 1.165) is 22.3 Å². The Morgan fingerprint density at radius 1 is 0.971 bits per heavy atom. The van der Waals surface area contributed by atoms with Crippen molar-refractivity contribution in [3.05, 3.63) is 59.7 Å². The van der Waals surface area contributed by atoms with Crippen LogP contribution in [0.2, 0.25) is 0 Å². The Balaban J connectivity index is 1.51. The second kappa shape index (κ2) is 10.7. The van der Waals surface area contributed by atoms with Crippen LogP contribution in [0.3, 0.4) is 0 Å². The Bertz CT molecular complexity index is 1000. The number of hydrogen-bond donors (Lipinski definition) is 3. The van der Waals surface area contributed by atoms with Crippen molar-refractivity contribution in [3.8, 4) is 11.1 Å². The molecule has 7 nitrogen and oxygen atoms in total. The zero-order chi connectivity index (χ0) is 24.9. The number of ether oxygens (including phenoxy) is 1. The molecule has 34 heavy (non-hydrogen) atoms. The standard InChI is InChI=1S/C27H34N2O5/c1-17(24(30)31)10-9-11-18(2)28-25(32)27(3,4)29-26(33)34-16-23-21-14-7-5-12-19(21)20-13-6-8-15-22(20)23/h5-8,12-15,17-18,23H,9-11,16H2,1-4H3,(H,28,32)(H,29,33)(H,30,31). The van der Waals surface area contributed by atoms with Crippen LogP contribution in [0, 0.1) is 5.92 Å². The van der Waals surface area contributed by atoms with Gasteiger partial charge >= 0.3 is 12.1 Å². The lowest BCUT2D eigenvalue weighted by Crippen LogP contribution is -2.56. The largest absolute Gasteiger partial charge is 0.481 e. The number of carbonyl (C=O) groups is 3. The van der Waals surface area contributed by atoms with Crippen molar-refractivity contribution in [1.29, 1.82) is 0 Å². The maximum absolute atomic E-state index is 12.7. The van der Waals surface area contributed by atoms with Gasteiger partial charge in [-0.2, -0.15) is 0 Å². The van der Waals surface area contributed by atoms with E-state index < -0.39 is 23.5 Å². The summed E-state index contributed by atoms with van der Waals surface area (Å²) in [5.74, 6) is -1.59. The lowest BCUT2D eigenvalue weighted by Gasteiger charge is -2.27. The monoisotopic (exact) mass is 466 g/mol. The number of rotatable bonds is 10. The lowest BCUT2D eigenvalue weighted by atomic mass is 9.98. The first kappa shape index (κ1) is 25.3. The van der Waals surface area contributed by atoms with Gasteiger partial charge in [-0.25, -0.2) is 4.79 Å². The highest BCUT2D eigenvalue weighted by Gasteiger charge is 2.33. The van der Waals surface area contributed by atoms with Gasteiger partial charge in [0, 0.05) is 12.0 Å². The zero-order valence-electron chi connectivity index (χ0n) is 20.3. The normalized spacial score (nSPS) is 14.5. The van der Waals surface area contributed by atoms with Gasteiger partial charge in [-0.1, -0.05) is 61.9 Å². The molecule has 1 aliphatic rings. The molecule has 0 aromatic heterocycles. The molecule has 0 fully saturated rings. The molecule has 0 radical (unpaired) electrons. The van der Waals surface area contributed by atoms with E-state index in [1.807, 2.05) is 31.2 Å². The average Bonchev–Trinajstić information content (AvgIpc) is 3.11. The van der Waals surface area contributed by atoms with Crippen LogP contribution in [0.1, 0.15) is 64.0 Å². The van der Waals surface area contributed by atoms with Gasteiger partial charge in [0.15, 0.2) is 0 Å². The fourth-order valence-corrected chi connectivity index (χ4v) is 4.28. The van der Waals surface area contributed by atoms with Crippen molar-refractivity contribution in [2.24, 2.45) is 5.92 Å². The summed E-state index contributed by atoms with van der Waals surface area (Å²) < 4.78 is 5.56. The first-order chi connectivity index (χ1) is 16.1. The minimum absolute atomic E-state index is 0.0525. The molecule has 2 aromatic carbocycles. The topological polar surface area (TPSA) is 105 Å². The van der Waals surface area contributed by atoms with Crippen molar-refractivity contribution in [3.63, 3.8) is 0 Å². The van der Waals surface area contributed by atoms with E-state index in [-0.39, 0.29) is 24.5 Å². The van der Waals surface area contributed by atoms with Gasteiger partial charge in [0.25, 0.3) is 0 Å². The molecule has 3 rings (SSSR count). The summed E-state index contributed by atoms with van der Waals surface area (Å²) in [5.41, 5.74) is 3.39. The number of fused-ring (bicyclic) bond motifs is 3. The number of carbonyl (C=O) groups excluding carboxylic acids is 2. The number of carboxylic acids is 1. The maximum Gasteiger partial charge on any atom is 0.408 e. The molecular formula is C27H34N2O5. The van der Waals surface area contributed by atoms with Gasteiger partial charge in [0.2, 0.25) is 5.91 Å². The van der Waals surface area contributed by atoms with Crippen molar-refractivity contribution in [1.82, 2.24) is 10.6 Å². The predicted molar refractivity (Wildman–Crippen MR) is 131 cm³/mol. The maximum atomic E-state index is 12.7. The second-order valence-corrected chi connectivity index (χ2v) is 9.62. The highest BCUT2D eigenvalue weighted by atomic mass is 16.5. The summed E-state index contributed by atoms with van der Waals surface area (Å²) in [4.78, 5) is 36.2. The summed E-state index contributed by atoms with van der Waals surface area (Å²) in [6.45, 7) is 6.97. The van der Waals surface area contributed by atoms with E-state index in [2.05, 4.69) is 34.9 Å². The van der Waals surface area contributed by atoms with Gasteiger partial charge in [-0.15, -0.1) is 0 Å². The van der Waals surface area contributed by atoms with Crippen LogP contribution in [0.25, 0.3) is 11.1 Å². The van der Waals surface area contributed by atoms with Crippen LogP contribution in [0.4, 0.5) is 4.79 Å². The van der Waals surface area contributed by atoms with E-state index in [4.69, 9.17) is 9.84 Å². The fourth-order valence-electron chi connectivity index (χ4n) is 4.28. The van der Waals surface area contributed by atoms with Crippen LogP contribution in [-0.4, -0.2) is 41.3 Å². The minimum Gasteiger partial charge on any atom is -0.481 e. The Labute approximate surface area is 200 Å². The molecular weight excluding hydrogens is 432 g/mol. The van der Waals surface area contributed by atoms with Gasteiger partial charge in [-0.3, -0.25) is 9.59 Å². The van der Waals surface area contributed by atoms with Crippen LogP contribution in [0.5, 0.6) is 0 Å². The zero-order valence-corrected chi connectivity index (χ0v) is 20.3. The SMILES string of the molecule is CC(CCCC(C)C(=O)O)NC(=O)C(C)(C)NC(=O)OCC1c2ccccc2-c2ccccc21. The third-order valence-electron chi connectivity index (χ3n) is 6.40. The first-order valence-corrected chi connectivity index (χ1v) is 11.8. The Morgan fingerprint density at radius 3 is 2.09 bits per heavy atom. The third-order valence-corrected chi connectivity index (χ3v) is 6.40. The summed E-state index contributed by atoms with van der Waals surface area (Å²) in [6, 6.07) is 16.1. The number of hydrogen-bond acceptors (Lipinski definition) is 4. The molecule has 2 aromatic rings. The summed E-state index contributed by atoms with van der Waals surface area (Å²) in [6.07, 6.45) is 1.25. The molecule has 182 valence electrons. The quantitative estimate of drug-likeness (QED) is 0.471. The molecule has 0 spiro atoms. The summed E-state index contributed by atoms with van der Waals surface area (Å²) in [5, 5.41) is 14.5. The molecule has 1 aliphatic carbocycles. The lowest BCUT2D eigenvalue weighted by molar-refractivity contribution is -0.141. The van der Waals surface area contributed by atoms with Crippen molar-refractivity contribution >= 4 is 18.0 Å². The van der Waals surface area contributed by atoms with E-state index >= 15 is 0 Å². The van der Waals surface area contributed by atoms with Gasteiger partial charge in [-0.05, 0) is 55.9 Å². The van der Waals surface area contributed by atoms with Gasteiger partial charge in [0.05, 0.1) is 5.92 Å². The van der Waals surface area contributed by atoms with Crippen LogP contribution in [0.15, 0.2) is 48.5 Å². The van der Waals surface area contributed by atoms with Crippen LogP contribution >= 0.6 is 0 Å². The summed E-state index contributed by atoms with van der Waals surface area (Å²) >= 11 is 0. The molecule has 0 saturated carbocycles. The molecule has 2 atom stereocenters. The van der Waals surface area contributed by atoms with E-state index in [1.165, 1.54) is 0 Å². The minimum atomic E-state index is -1.16. The van der Waals surface area contributed by atoms with Gasteiger partial charge < -0.3 is 20.5 Å². The van der Waals surface area contributed by atoms with Crippen LogP contribution in [-0.2, 0) is 14.3 Å². The number of carboxylic acid groups (broad SMARTS) is 1. The summed E-state index contributed by atoms with van der Waals surface area (Å²) in [7, 11) is 0. The smallest absolute Gasteiger partial charge is 0.408 e. The molecule has 7 heteroatoms. The molecule has 0 aliphatic heterocycles. The Morgan fingerprint density at radius 2 is 1.53 bits per heavy atom. The van der Waals surface area contributed by atoms with Crippen LogP contribution < -0.4 is 10.6 Å². The van der Waals surface area contributed by atoms with Crippen molar-refractivity contribution in [2.75, 3.05) is 6.61 Å². The third kappa shape index (κ3) is 5.95. The molecule has 0 saturated heterocycles. The highest BCUT2D eigenvalue weighted by Crippen LogP contribution is 2.44. The molecule has 2 amide bonds. The first-order valence-electron chi connectivity index (χ1n) is 11.8. The Kier molecular flexibility index (Phi) is 7.97. The van der Waals surface area contributed by atoms with Crippen molar-refractivity contribution < 1.29 is 24.2 Å². The van der Waals surface area contributed by atoms with Gasteiger partial charge in [0.1, 0.15) is 12.1 Å². The number of amides is 2. The van der Waals surface area contributed by atoms with E-state index in [9.17, 15) is 14.4 Å². The van der Waals surface area contributed by atoms with E-state index in [0.29, 0.717) is 19.3 Å². The number of nitrogens with one attached hydrogen (secondary N) is 2. The molecule has 0 heterocycles. The molecule has 3 N–H and O–H groups in total. The number of aliphatic carboxylic acids is 1. The van der Waals surface area contributed by atoms with Crippen molar-refractivity contribution in [2.45, 2.75) is 64.5 Å².